The van der Waals surface area contributed by atoms with E-state index in [9.17, 15) is 0 Å². The van der Waals surface area contributed by atoms with Gasteiger partial charge in [0.05, 0.1) is 0 Å². The van der Waals surface area contributed by atoms with Gasteiger partial charge in [-0.1, -0.05) is 11.6 Å². The first-order valence-corrected chi connectivity index (χ1v) is 4.36. The lowest BCUT2D eigenvalue weighted by molar-refractivity contribution is 0.924. The van der Waals surface area contributed by atoms with Crippen LogP contribution in [0.5, 0.6) is 0 Å². The zero-order chi connectivity index (χ0) is 8.72. The molecule has 1 aliphatic carbocycles. The third kappa shape index (κ3) is 1.25. The molecule has 0 saturated heterocycles. The Morgan fingerprint density at radius 1 is 1.42 bits per heavy atom. The van der Waals surface area contributed by atoms with Crippen LogP contribution in [-0.2, 0) is 0 Å². The monoisotopic (exact) mass is 183 g/mol. The fourth-order valence-electron chi connectivity index (χ4n) is 1.05. The highest BCUT2D eigenvalue weighted by Crippen LogP contribution is 2.39. The molecule has 0 spiro atoms. The molecule has 0 atom stereocenters. The molecule has 1 saturated carbocycles. The number of nitrogens with zero attached hydrogens (tertiary/aromatic N) is 2. The predicted molar refractivity (Wildman–Crippen MR) is 48.2 cm³/mol. The van der Waals surface area contributed by atoms with Crippen molar-refractivity contribution in [1.29, 1.82) is 0 Å². The topological polar surface area (TPSA) is 51.8 Å². The zero-order valence-electron chi connectivity index (χ0n) is 6.84. The van der Waals surface area contributed by atoms with E-state index in [1.807, 2.05) is 6.92 Å². The molecule has 1 aliphatic rings. The van der Waals surface area contributed by atoms with Crippen LogP contribution in [0.15, 0.2) is 0 Å². The standard InChI is InChI=1S/C8H10ClN3/c1-4-6(9)11-8(5-2-3-5)12-7(4)10/h5H,2-3H2,1H3,(H2,10,11,12). The van der Waals surface area contributed by atoms with Crippen molar-refractivity contribution in [1.82, 2.24) is 9.97 Å². The summed E-state index contributed by atoms with van der Waals surface area (Å²) in [6.07, 6.45) is 2.33. The van der Waals surface area contributed by atoms with Gasteiger partial charge in [-0.15, -0.1) is 0 Å². The van der Waals surface area contributed by atoms with Gasteiger partial charge in [0.1, 0.15) is 16.8 Å². The largest absolute Gasteiger partial charge is 0.383 e. The van der Waals surface area contributed by atoms with Crippen LogP contribution >= 0.6 is 11.6 Å². The summed E-state index contributed by atoms with van der Waals surface area (Å²) in [4.78, 5) is 8.35. The summed E-state index contributed by atoms with van der Waals surface area (Å²) in [5.41, 5.74) is 6.43. The third-order valence-corrected chi connectivity index (χ3v) is 2.45. The number of anilines is 1. The molecule has 2 N–H and O–H groups in total. The molecule has 12 heavy (non-hydrogen) atoms. The first-order valence-electron chi connectivity index (χ1n) is 3.98. The summed E-state index contributed by atoms with van der Waals surface area (Å²) in [6.45, 7) is 1.83. The van der Waals surface area contributed by atoms with Gasteiger partial charge in [0.2, 0.25) is 0 Å². The van der Waals surface area contributed by atoms with Crippen molar-refractivity contribution in [3.63, 3.8) is 0 Å². The summed E-state index contributed by atoms with van der Waals surface area (Å²) in [7, 11) is 0. The molecule has 0 aliphatic heterocycles. The summed E-state index contributed by atoms with van der Waals surface area (Å²) >= 11 is 5.86. The van der Waals surface area contributed by atoms with Crippen LogP contribution in [0.2, 0.25) is 5.15 Å². The number of aromatic nitrogens is 2. The summed E-state index contributed by atoms with van der Waals surface area (Å²) < 4.78 is 0. The third-order valence-electron chi connectivity index (χ3n) is 2.08. The minimum atomic E-state index is 0.490. The first-order chi connectivity index (χ1) is 5.68. The van der Waals surface area contributed by atoms with E-state index in [1.54, 1.807) is 0 Å². The molecular formula is C8H10ClN3. The molecule has 0 radical (unpaired) electrons. The second kappa shape index (κ2) is 2.59. The lowest BCUT2D eigenvalue weighted by Crippen LogP contribution is -2.01. The molecule has 0 amide bonds. The Morgan fingerprint density at radius 2 is 2.08 bits per heavy atom. The van der Waals surface area contributed by atoms with Gasteiger partial charge in [-0.3, -0.25) is 0 Å². The highest BCUT2D eigenvalue weighted by atomic mass is 35.5. The average Bonchev–Trinajstić information content (AvgIpc) is 2.81. The molecule has 64 valence electrons. The van der Waals surface area contributed by atoms with Crippen molar-refractivity contribution < 1.29 is 0 Å². The number of hydrogen-bond acceptors (Lipinski definition) is 3. The van der Waals surface area contributed by atoms with Gasteiger partial charge in [0, 0.05) is 11.5 Å². The molecule has 0 unspecified atom stereocenters. The van der Waals surface area contributed by atoms with Gasteiger partial charge in [-0.25, -0.2) is 9.97 Å². The van der Waals surface area contributed by atoms with Crippen molar-refractivity contribution in [2.75, 3.05) is 5.73 Å². The summed E-state index contributed by atoms with van der Waals surface area (Å²) in [6, 6.07) is 0. The van der Waals surface area contributed by atoms with E-state index in [0.717, 1.165) is 11.4 Å². The Hall–Kier alpha value is -0.830. The molecular weight excluding hydrogens is 174 g/mol. The van der Waals surface area contributed by atoms with E-state index < -0.39 is 0 Å². The minimum Gasteiger partial charge on any atom is -0.383 e. The maximum absolute atomic E-state index is 5.86. The SMILES string of the molecule is Cc1c(N)nc(C2CC2)nc1Cl. The van der Waals surface area contributed by atoms with E-state index in [4.69, 9.17) is 17.3 Å². The van der Waals surface area contributed by atoms with Crippen molar-refractivity contribution in [2.24, 2.45) is 0 Å². The Bertz CT molecular complexity index is 297. The van der Waals surface area contributed by atoms with Gasteiger partial charge >= 0.3 is 0 Å². The Labute approximate surface area is 76.0 Å². The van der Waals surface area contributed by atoms with Gasteiger partial charge in [0.25, 0.3) is 0 Å². The fraction of sp³-hybridized carbons (Fsp3) is 0.500. The van der Waals surface area contributed by atoms with E-state index in [0.29, 0.717) is 16.9 Å². The second-order valence-electron chi connectivity index (χ2n) is 3.16. The Kier molecular flexibility index (Phi) is 1.68. The molecule has 2 rings (SSSR count). The summed E-state index contributed by atoms with van der Waals surface area (Å²) in [5, 5.41) is 0.490. The zero-order valence-corrected chi connectivity index (χ0v) is 7.60. The fourth-order valence-corrected chi connectivity index (χ4v) is 1.23. The summed E-state index contributed by atoms with van der Waals surface area (Å²) in [5.74, 6) is 1.82. The average molecular weight is 184 g/mol. The smallest absolute Gasteiger partial charge is 0.137 e. The normalized spacial score (nSPS) is 16.5. The van der Waals surface area contributed by atoms with Crippen molar-refractivity contribution in [3.05, 3.63) is 16.5 Å². The molecule has 0 bridgehead atoms. The lowest BCUT2D eigenvalue weighted by Gasteiger charge is -2.03. The van der Waals surface area contributed by atoms with Gasteiger partial charge < -0.3 is 5.73 Å². The first kappa shape index (κ1) is 7.80. The lowest BCUT2D eigenvalue weighted by atomic mass is 10.3. The number of hydrogen-bond donors (Lipinski definition) is 1. The Morgan fingerprint density at radius 3 is 2.58 bits per heavy atom. The molecule has 1 heterocycles. The molecule has 1 aromatic rings. The number of halogens is 1. The van der Waals surface area contributed by atoms with Crippen LogP contribution in [0.25, 0.3) is 0 Å². The molecule has 3 nitrogen and oxygen atoms in total. The highest BCUT2D eigenvalue weighted by Gasteiger charge is 2.27. The molecule has 1 fully saturated rings. The minimum absolute atomic E-state index is 0.490. The molecule has 4 heteroatoms. The number of nitrogens with two attached hydrogens (primary N) is 1. The van der Waals surface area contributed by atoms with Gasteiger partial charge in [-0.2, -0.15) is 0 Å². The van der Waals surface area contributed by atoms with Crippen LogP contribution in [-0.4, -0.2) is 9.97 Å². The van der Waals surface area contributed by atoms with Crippen LogP contribution in [0.4, 0.5) is 5.82 Å². The van der Waals surface area contributed by atoms with Crippen molar-refractivity contribution in [2.45, 2.75) is 25.7 Å². The van der Waals surface area contributed by atoms with E-state index in [1.165, 1.54) is 12.8 Å². The van der Waals surface area contributed by atoms with Gasteiger partial charge in [0.15, 0.2) is 0 Å². The van der Waals surface area contributed by atoms with Crippen LogP contribution in [0.3, 0.4) is 0 Å². The number of nitrogen functional groups attached to an aromatic ring is 1. The van der Waals surface area contributed by atoms with Crippen molar-refractivity contribution >= 4 is 17.4 Å². The van der Waals surface area contributed by atoms with Crippen LogP contribution in [0.1, 0.15) is 30.1 Å². The highest BCUT2D eigenvalue weighted by molar-refractivity contribution is 6.30. The van der Waals surface area contributed by atoms with Crippen LogP contribution in [0, 0.1) is 6.92 Å². The van der Waals surface area contributed by atoms with Crippen LogP contribution < -0.4 is 5.73 Å². The van der Waals surface area contributed by atoms with Crippen molar-refractivity contribution in [3.8, 4) is 0 Å². The number of rotatable bonds is 1. The predicted octanol–water partition coefficient (Wildman–Crippen LogP) is 1.90. The maximum Gasteiger partial charge on any atom is 0.137 e. The van der Waals surface area contributed by atoms with E-state index in [-0.39, 0.29) is 0 Å². The molecule has 1 aromatic heterocycles. The maximum atomic E-state index is 5.86. The quantitative estimate of drug-likeness (QED) is 0.677. The molecule has 0 aromatic carbocycles. The Balaban J connectivity index is 2.45. The second-order valence-corrected chi connectivity index (χ2v) is 3.52. The van der Waals surface area contributed by atoms with E-state index >= 15 is 0 Å². The van der Waals surface area contributed by atoms with E-state index in [2.05, 4.69) is 9.97 Å². The van der Waals surface area contributed by atoms with Gasteiger partial charge in [-0.05, 0) is 19.8 Å².